The Morgan fingerprint density at radius 1 is 1.13 bits per heavy atom. The second-order valence-corrected chi connectivity index (χ2v) is 3.34. The number of para-hydroxylation sites is 1. The van der Waals surface area contributed by atoms with E-state index in [1.54, 1.807) is 12.1 Å². The van der Waals surface area contributed by atoms with Crippen LogP contribution in [0.3, 0.4) is 0 Å². The van der Waals surface area contributed by atoms with Gasteiger partial charge in [-0.15, -0.1) is 0 Å². The molecule has 2 aromatic rings. The van der Waals surface area contributed by atoms with Crippen LogP contribution in [0.2, 0.25) is 5.02 Å². The first-order valence-corrected chi connectivity index (χ1v) is 4.75. The number of ether oxygens (including phenoxy) is 1. The zero-order valence-electron chi connectivity index (χ0n) is 7.76. The van der Waals surface area contributed by atoms with Crippen LogP contribution in [0.15, 0.2) is 48.8 Å². The molecule has 0 N–H and O–H groups in total. The Morgan fingerprint density at radius 3 is 2.60 bits per heavy atom. The summed E-state index contributed by atoms with van der Waals surface area (Å²) in [7, 11) is 0. The molecule has 0 atom stereocenters. The number of pyridine rings is 1. The molecule has 0 saturated carbocycles. The van der Waals surface area contributed by atoms with Gasteiger partial charge in [0.1, 0.15) is 5.75 Å². The van der Waals surface area contributed by atoms with Gasteiger partial charge in [0.15, 0.2) is 6.20 Å². The van der Waals surface area contributed by atoms with Crippen LogP contribution < -0.4 is 9.47 Å². The predicted molar refractivity (Wildman–Crippen MR) is 56.9 cm³/mol. The second-order valence-electron chi connectivity index (χ2n) is 2.93. The zero-order chi connectivity index (χ0) is 10.7. The summed E-state index contributed by atoms with van der Waals surface area (Å²) in [5.41, 5.74) is 0. The van der Waals surface area contributed by atoms with Crippen molar-refractivity contribution in [2.45, 2.75) is 0 Å². The van der Waals surface area contributed by atoms with Gasteiger partial charge in [0, 0.05) is 6.07 Å². The zero-order valence-corrected chi connectivity index (χ0v) is 8.52. The molecule has 15 heavy (non-hydrogen) atoms. The van der Waals surface area contributed by atoms with Gasteiger partial charge < -0.3 is 9.94 Å². The van der Waals surface area contributed by atoms with E-state index in [-0.39, 0.29) is 0 Å². The number of aromatic nitrogens is 1. The molecule has 0 aliphatic rings. The van der Waals surface area contributed by atoms with Gasteiger partial charge in [0.2, 0.25) is 11.9 Å². The molecule has 1 aromatic carbocycles. The van der Waals surface area contributed by atoms with E-state index < -0.39 is 0 Å². The summed E-state index contributed by atoms with van der Waals surface area (Å²) in [6.07, 6.45) is 2.61. The number of rotatable bonds is 2. The molecule has 1 aromatic heterocycles. The lowest BCUT2D eigenvalue weighted by Gasteiger charge is -2.06. The Kier molecular flexibility index (Phi) is 2.74. The summed E-state index contributed by atoms with van der Waals surface area (Å²) in [5, 5.41) is 11.4. The maximum absolute atomic E-state index is 11.0. The SMILES string of the molecule is [O-][n+]1ccc(Cl)c(Oc2ccccc2)c1. The third-order valence-electron chi connectivity index (χ3n) is 1.82. The summed E-state index contributed by atoms with van der Waals surface area (Å²) in [6, 6.07) is 10.6. The molecule has 0 spiro atoms. The Hall–Kier alpha value is -1.74. The standard InChI is InChI=1S/C11H8ClNO2/c12-10-6-7-13(14)8-11(10)15-9-4-2-1-3-5-9/h1-8H. The van der Waals surface area contributed by atoms with E-state index in [0.29, 0.717) is 21.3 Å². The van der Waals surface area contributed by atoms with E-state index >= 15 is 0 Å². The predicted octanol–water partition coefficient (Wildman–Crippen LogP) is 2.77. The molecule has 0 saturated heterocycles. The van der Waals surface area contributed by atoms with Crippen molar-refractivity contribution >= 4 is 11.6 Å². The molecule has 2 rings (SSSR count). The summed E-state index contributed by atoms with van der Waals surface area (Å²) >= 11 is 5.87. The number of hydrogen-bond donors (Lipinski definition) is 0. The molecule has 0 unspecified atom stereocenters. The van der Waals surface area contributed by atoms with E-state index in [4.69, 9.17) is 16.3 Å². The normalized spacial score (nSPS) is 9.93. The van der Waals surface area contributed by atoms with Crippen molar-refractivity contribution in [1.29, 1.82) is 0 Å². The molecular weight excluding hydrogens is 214 g/mol. The monoisotopic (exact) mass is 221 g/mol. The van der Waals surface area contributed by atoms with Gasteiger partial charge >= 0.3 is 0 Å². The highest BCUT2D eigenvalue weighted by Crippen LogP contribution is 2.26. The number of halogens is 1. The van der Waals surface area contributed by atoms with Crippen LogP contribution in [0.4, 0.5) is 0 Å². The Morgan fingerprint density at radius 2 is 1.87 bits per heavy atom. The highest BCUT2D eigenvalue weighted by Gasteiger charge is 2.06. The van der Waals surface area contributed by atoms with Crippen LogP contribution in [-0.4, -0.2) is 0 Å². The van der Waals surface area contributed by atoms with Crippen molar-refractivity contribution in [2.24, 2.45) is 0 Å². The molecule has 3 nitrogen and oxygen atoms in total. The van der Waals surface area contributed by atoms with Gasteiger partial charge in [-0.2, -0.15) is 4.73 Å². The highest BCUT2D eigenvalue weighted by atomic mass is 35.5. The van der Waals surface area contributed by atoms with Gasteiger partial charge in [-0.25, -0.2) is 0 Å². The third kappa shape index (κ3) is 2.39. The highest BCUT2D eigenvalue weighted by molar-refractivity contribution is 6.31. The van der Waals surface area contributed by atoms with Crippen molar-refractivity contribution in [3.8, 4) is 11.5 Å². The molecule has 0 amide bonds. The minimum Gasteiger partial charge on any atom is -0.619 e. The molecule has 0 fully saturated rings. The van der Waals surface area contributed by atoms with Crippen molar-refractivity contribution in [3.05, 3.63) is 59.0 Å². The topological polar surface area (TPSA) is 36.2 Å². The molecule has 0 radical (unpaired) electrons. The largest absolute Gasteiger partial charge is 0.619 e. The van der Waals surface area contributed by atoms with Crippen LogP contribution in [-0.2, 0) is 0 Å². The van der Waals surface area contributed by atoms with E-state index in [2.05, 4.69) is 0 Å². The molecular formula is C11H8ClNO2. The van der Waals surface area contributed by atoms with Crippen LogP contribution in [0.1, 0.15) is 0 Å². The first kappa shape index (κ1) is 9.80. The summed E-state index contributed by atoms with van der Waals surface area (Å²) in [4.78, 5) is 0. The molecule has 4 heteroatoms. The molecule has 76 valence electrons. The Bertz CT molecular complexity index is 459. The fraction of sp³-hybridized carbons (Fsp3) is 0. The molecule has 1 heterocycles. The van der Waals surface area contributed by atoms with E-state index in [1.165, 1.54) is 18.5 Å². The van der Waals surface area contributed by atoms with Crippen LogP contribution in [0, 0.1) is 5.21 Å². The average Bonchev–Trinajstić information content (AvgIpc) is 2.25. The lowest BCUT2D eigenvalue weighted by molar-refractivity contribution is -0.605. The van der Waals surface area contributed by atoms with E-state index in [0.717, 1.165) is 0 Å². The lowest BCUT2D eigenvalue weighted by Crippen LogP contribution is -2.24. The summed E-state index contributed by atoms with van der Waals surface area (Å²) < 4.78 is 6.08. The quantitative estimate of drug-likeness (QED) is 0.578. The fourth-order valence-electron chi connectivity index (χ4n) is 1.13. The van der Waals surface area contributed by atoms with Gasteiger partial charge in [0.25, 0.3) is 0 Å². The van der Waals surface area contributed by atoms with Gasteiger partial charge in [0.05, 0.1) is 5.02 Å². The smallest absolute Gasteiger partial charge is 0.224 e. The van der Waals surface area contributed by atoms with Crippen LogP contribution >= 0.6 is 11.6 Å². The Labute approximate surface area is 92.1 Å². The second kappa shape index (κ2) is 4.19. The Balaban J connectivity index is 2.28. The first-order chi connectivity index (χ1) is 7.25. The average molecular weight is 222 g/mol. The van der Waals surface area contributed by atoms with Crippen molar-refractivity contribution < 1.29 is 9.47 Å². The van der Waals surface area contributed by atoms with E-state index in [1.807, 2.05) is 18.2 Å². The van der Waals surface area contributed by atoms with E-state index in [9.17, 15) is 5.21 Å². The summed E-state index contributed by atoms with van der Waals surface area (Å²) in [5.74, 6) is 0.992. The number of nitrogens with zero attached hydrogens (tertiary/aromatic N) is 1. The first-order valence-electron chi connectivity index (χ1n) is 4.37. The number of hydrogen-bond acceptors (Lipinski definition) is 2. The maximum atomic E-state index is 11.0. The van der Waals surface area contributed by atoms with Crippen molar-refractivity contribution in [1.82, 2.24) is 0 Å². The third-order valence-corrected chi connectivity index (χ3v) is 2.13. The van der Waals surface area contributed by atoms with Gasteiger partial charge in [-0.3, -0.25) is 0 Å². The van der Waals surface area contributed by atoms with Gasteiger partial charge in [-0.05, 0) is 12.1 Å². The minimum absolute atomic E-state index is 0.348. The van der Waals surface area contributed by atoms with Crippen LogP contribution in [0.5, 0.6) is 11.5 Å². The molecule has 0 bridgehead atoms. The van der Waals surface area contributed by atoms with Crippen molar-refractivity contribution in [2.75, 3.05) is 0 Å². The minimum atomic E-state index is 0.348. The fourth-order valence-corrected chi connectivity index (χ4v) is 1.28. The molecule has 0 aliphatic carbocycles. The van der Waals surface area contributed by atoms with Gasteiger partial charge in [-0.1, -0.05) is 29.8 Å². The number of benzene rings is 1. The summed E-state index contributed by atoms with van der Waals surface area (Å²) in [6.45, 7) is 0. The van der Waals surface area contributed by atoms with Crippen LogP contribution in [0.25, 0.3) is 0 Å². The molecule has 0 aliphatic heterocycles. The van der Waals surface area contributed by atoms with Crippen molar-refractivity contribution in [3.63, 3.8) is 0 Å². The lowest BCUT2D eigenvalue weighted by atomic mass is 10.3. The maximum Gasteiger partial charge on any atom is 0.224 e.